The van der Waals surface area contributed by atoms with Gasteiger partial charge in [0, 0.05) is 43.8 Å². The van der Waals surface area contributed by atoms with Crippen molar-refractivity contribution < 1.29 is 8.42 Å². The van der Waals surface area contributed by atoms with E-state index in [1.54, 1.807) is 29.5 Å². The van der Waals surface area contributed by atoms with Crippen LogP contribution in [0.5, 0.6) is 0 Å². The van der Waals surface area contributed by atoms with E-state index in [1.165, 1.54) is 6.07 Å². The lowest BCUT2D eigenvalue weighted by Crippen LogP contribution is -2.48. The average Bonchev–Trinajstić information content (AvgIpc) is 3.11. The lowest BCUT2D eigenvalue weighted by molar-refractivity contribution is 0.113. The molecule has 2 aromatic rings. The van der Waals surface area contributed by atoms with Crippen LogP contribution in [0.4, 0.5) is 0 Å². The van der Waals surface area contributed by atoms with Crippen LogP contribution < -0.4 is 4.72 Å². The summed E-state index contributed by atoms with van der Waals surface area (Å²) < 4.78 is 28.0. The van der Waals surface area contributed by atoms with Crippen molar-refractivity contribution in [2.24, 2.45) is 0 Å². The maximum Gasteiger partial charge on any atom is 0.240 e. The number of piperazine rings is 1. The average molecular weight is 400 g/mol. The highest BCUT2D eigenvalue weighted by Crippen LogP contribution is 2.24. The van der Waals surface area contributed by atoms with E-state index in [-0.39, 0.29) is 10.9 Å². The molecule has 0 saturated carbocycles. The Bertz CT molecular complexity index is 788. The molecule has 136 valence electrons. The Morgan fingerprint density at radius 2 is 2.00 bits per heavy atom. The molecule has 0 bridgehead atoms. The number of nitrogens with zero attached hydrogens (tertiary/aromatic N) is 2. The van der Waals surface area contributed by atoms with E-state index in [1.807, 2.05) is 5.38 Å². The smallest absolute Gasteiger partial charge is 0.240 e. The first-order chi connectivity index (χ1) is 12.0. The fourth-order valence-electron chi connectivity index (χ4n) is 2.96. The molecule has 1 atom stereocenters. The highest BCUT2D eigenvalue weighted by molar-refractivity contribution is 7.89. The first kappa shape index (κ1) is 18.8. The molecule has 1 N–H and O–H groups in total. The van der Waals surface area contributed by atoms with E-state index in [0.717, 1.165) is 31.7 Å². The second kappa shape index (κ2) is 8.16. The number of thiophene rings is 1. The summed E-state index contributed by atoms with van der Waals surface area (Å²) in [5.41, 5.74) is 1.16. The minimum absolute atomic E-state index is 0.0360. The second-order valence-corrected chi connectivity index (χ2v) is 9.20. The number of benzene rings is 1. The largest absolute Gasteiger partial charge is 0.304 e. The van der Waals surface area contributed by atoms with Crippen LogP contribution in [0, 0.1) is 0 Å². The maximum absolute atomic E-state index is 12.6. The van der Waals surface area contributed by atoms with E-state index < -0.39 is 10.0 Å². The molecule has 0 amide bonds. The van der Waals surface area contributed by atoms with Gasteiger partial charge in [-0.25, -0.2) is 13.1 Å². The van der Waals surface area contributed by atoms with Crippen molar-refractivity contribution in [3.8, 4) is 0 Å². The Balaban J connectivity index is 1.74. The van der Waals surface area contributed by atoms with Gasteiger partial charge >= 0.3 is 0 Å². The normalized spacial score (nSPS) is 18.3. The van der Waals surface area contributed by atoms with Crippen molar-refractivity contribution in [2.75, 3.05) is 39.8 Å². The summed E-state index contributed by atoms with van der Waals surface area (Å²) in [6.45, 7) is 4.17. The Hall–Kier alpha value is -0.960. The van der Waals surface area contributed by atoms with Gasteiger partial charge in [-0.15, -0.1) is 0 Å². The molecule has 0 spiro atoms. The number of hydrogen-bond donors (Lipinski definition) is 1. The molecule has 8 heteroatoms. The molecular formula is C17H22ClN3O2S2. The number of sulfonamides is 1. The summed E-state index contributed by atoms with van der Waals surface area (Å²) in [4.78, 5) is 4.84. The number of halogens is 1. The number of likely N-dealkylation sites (N-methyl/N-ethyl adjacent to an activating group) is 1. The standard InChI is InChI=1S/C17H22ClN3O2S2/c1-20-6-8-21(9-7-20)17(14-5-10-24-13-14)12-19-25(22,23)16-4-2-3-15(18)11-16/h2-5,10-11,13,17,19H,6-9,12H2,1H3. The van der Waals surface area contributed by atoms with Crippen LogP contribution >= 0.6 is 22.9 Å². The molecule has 1 aliphatic heterocycles. The first-order valence-electron chi connectivity index (χ1n) is 8.15. The summed E-state index contributed by atoms with van der Waals surface area (Å²) in [7, 11) is -1.48. The first-order valence-corrected chi connectivity index (χ1v) is 11.0. The molecule has 1 unspecified atom stereocenters. The van der Waals surface area contributed by atoms with Gasteiger partial charge in [-0.2, -0.15) is 11.3 Å². The highest BCUT2D eigenvalue weighted by Gasteiger charge is 2.26. The van der Waals surface area contributed by atoms with Crippen molar-refractivity contribution in [1.29, 1.82) is 0 Å². The Morgan fingerprint density at radius 3 is 2.64 bits per heavy atom. The van der Waals surface area contributed by atoms with Crippen LogP contribution in [0.3, 0.4) is 0 Å². The second-order valence-electron chi connectivity index (χ2n) is 6.22. The molecule has 1 saturated heterocycles. The van der Waals surface area contributed by atoms with Crippen LogP contribution in [-0.4, -0.2) is 58.0 Å². The molecule has 0 aliphatic carbocycles. The van der Waals surface area contributed by atoms with Gasteiger partial charge in [0.15, 0.2) is 0 Å². The van der Waals surface area contributed by atoms with Gasteiger partial charge in [-0.3, -0.25) is 4.90 Å². The molecule has 2 heterocycles. The molecule has 0 radical (unpaired) electrons. The lowest BCUT2D eigenvalue weighted by Gasteiger charge is -2.37. The monoisotopic (exact) mass is 399 g/mol. The predicted octanol–water partition coefficient (Wildman–Crippen LogP) is 2.67. The minimum Gasteiger partial charge on any atom is -0.304 e. The van der Waals surface area contributed by atoms with Gasteiger partial charge < -0.3 is 4.90 Å². The van der Waals surface area contributed by atoms with Gasteiger partial charge in [0.2, 0.25) is 10.0 Å². The third-order valence-corrected chi connectivity index (χ3v) is 6.84. The fourth-order valence-corrected chi connectivity index (χ4v) is 5.01. The van der Waals surface area contributed by atoms with Crippen molar-refractivity contribution in [3.63, 3.8) is 0 Å². The SMILES string of the molecule is CN1CCN(C(CNS(=O)(=O)c2cccc(Cl)c2)c2ccsc2)CC1. The van der Waals surface area contributed by atoms with Gasteiger partial charge in [-0.05, 0) is 47.6 Å². The zero-order chi connectivity index (χ0) is 17.9. The number of nitrogens with one attached hydrogen (secondary N) is 1. The Labute approximate surface area is 158 Å². The topological polar surface area (TPSA) is 52.6 Å². The van der Waals surface area contributed by atoms with Crippen LogP contribution in [-0.2, 0) is 10.0 Å². The molecule has 1 aliphatic rings. The van der Waals surface area contributed by atoms with Crippen LogP contribution in [0.1, 0.15) is 11.6 Å². The van der Waals surface area contributed by atoms with Crippen LogP contribution in [0.2, 0.25) is 5.02 Å². The van der Waals surface area contributed by atoms with Crippen molar-refractivity contribution in [2.45, 2.75) is 10.9 Å². The van der Waals surface area contributed by atoms with E-state index in [0.29, 0.717) is 11.6 Å². The van der Waals surface area contributed by atoms with Gasteiger partial charge in [0.05, 0.1) is 4.90 Å². The lowest BCUT2D eigenvalue weighted by atomic mass is 10.1. The van der Waals surface area contributed by atoms with Gasteiger partial charge in [0.1, 0.15) is 0 Å². The zero-order valence-corrected chi connectivity index (χ0v) is 16.4. The maximum atomic E-state index is 12.6. The molecule has 1 aromatic carbocycles. The molecule has 25 heavy (non-hydrogen) atoms. The van der Waals surface area contributed by atoms with E-state index in [2.05, 4.69) is 33.0 Å². The van der Waals surface area contributed by atoms with Crippen LogP contribution in [0.25, 0.3) is 0 Å². The van der Waals surface area contributed by atoms with Crippen LogP contribution in [0.15, 0.2) is 46.0 Å². The fraction of sp³-hybridized carbons (Fsp3) is 0.412. The summed E-state index contributed by atoms with van der Waals surface area (Å²) in [6, 6.07) is 8.45. The third-order valence-electron chi connectivity index (χ3n) is 4.48. The van der Waals surface area contributed by atoms with Crippen molar-refractivity contribution in [3.05, 3.63) is 51.7 Å². The minimum atomic E-state index is -3.59. The van der Waals surface area contributed by atoms with Crippen molar-refractivity contribution >= 4 is 33.0 Å². The van der Waals surface area contributed by atoms with E-state index in [4.69, 9.17) is 11.6 Å². The summed E-state index contributed by atoms with van der Waals surface area (Å²) in [5.74, 6) is 0. The summed E-state index contributed by atoms with van der Waals surface area (Å²) >= 11 is 7.56. The van der Waals surface area contributed by atoms with E-state index in [9.17, 15) is 8.42 Å². The molecule has 1 fully saturated rings. The number of rotatable bonds is 6. The molecule has 3 rings (SSSR count). The molecule has 1 aromatic heterocycles. The van der Waals surface area contributed by atoms with Gasteiger partial charge in [-0.1, -0.05) is 17.7 Å². The third kappa shape index (κ3) is 4.81. The summed E-state index contributed by atoms with van der Waals surface area (Å²) in [6.07, 6.45) is 0. The molecule has 5 nitrogen and oxygen atoms in total. The molecular weight excluding hydrogens is 378 g/mol. The zero-order valence-electron chi connectivity index (χ0n) is 14.1. The highest BCUT2D eigenvalue weighted by atomic mass is 35.5. The predicted molar refractivity (Wildman–Crippen MR) is 103 cm³/mol. The quantitative estimate of drug-likeness (QED) is 0.811. The number of hydrogen-bond acceptors (Lipinski definition) is 5. The summed E-state index contributed by atoms with van der Waals surface area (Å²) in [5, 5.41) is 4.54. The van der Waals surface area contributed by atoms with Crippen molar-refractivity contribution in [1.82, 2.24) is 14.5 Å². The van der Waals surface area contributed by atoms with Gasteiger partial charge in [0.25, 0.3) is 0 Å². The Morgan fingerprint density at radius 1 is 1.24 bits per heavy atom. The van der Waals surface area contributed by atoms with E-state index >= 15 is 0 Å². The Kier molecular flexibility index (Phi) is 6.14.